The molecule has 1 aliphatic heterocycles. The van der Waals surface area contributed by atoms with Crippen LogP contribution in [0.1, 0.15) is 17.6 Å². The molecule has 2 aromatic rings. The number of hydrogen-bond acceptors (Lipinski definition) is 6. The molecule has 1 aromatic carbocycles. The van der Waals surface area contributed by atoms with Gasteiger partial charge in [0.05, 0.1) is 11.5 Å². The normalized spacial score (nSPS) is 18.9. The van der Waals surface area contributed by atoms with Gasteiger partial charge in [0.2, 0.25) is 5.89 Å². The van der Waals surface area contributed by atoms with Gasteiger partial charge in [0, 0.05) is 10.6 Å². The molecular weight excluding hydrogens is 280 g/mol. The number of aromatic nitrogens is 2. The number of carbonyl (C=O) groups excluding carboxylic acids is 1. The van der Waals surface area contributed by atoms with Crippen LogP contribution in [0.3, 0.4) is 0 Å². The van der Waals surface area contributed by atoms with Crippen LogP contribution in [0.15, 0.2) is 39.8 Å². The second kappa shape index (κ2) is 5.79. The number of carbonyl (C=O) groups is 1. The molecule has 4 nitrogen and oxygen atoms in total. The molecule has 3 rings (SSSR count). The van der Waals surface area contributed by atoms with Gasteiger partial charge in [-0.15, -0.1) is 11.8 Å². The van der Waals surface area contributed by atoms with Gasteiger partial charge in [-0.05, 0) is 12.1 Å². The molecule has 1 fully saturated rings. The highest BCUT2D eigenvalue weighted by molar-refractivity contribution is 8.00. The van der Waals surface area contributed by atoms with Crippen molar-refractivity contribution in [3.05, 3.63) is 42.0 Å². The number of Topliss-reactive ketones (excluding diaryl/α,β-unsaturated/α-hetero) is 1. The van der Waals surface area contributed by atoms with Crippen LogP contribution in [-0.2, 0) is 10.5 Å². The number of rotatable bonds is 4. The summed E-state index contributed by atoms with van der Waals surface area (Å²) in [4.78, 5) is 17.1. The SMILES string of the molecule is O=C1CSCC1c1nc(CSc2ccccc2)no1. The number of nitrogens with zero attached hydrogens (tertiary/aromatic N) is 2. The van der Waals surface area contributed by atoms with Crippen LogP contribution in [0.2, 0.25) is 0 Å². The average Bonchev–Trinajstić information content (AvgIpc) is 3.06. The van der Waals surface area contributed by atoms with Crippen molar-refractivity contribution < 1.29 is 9.32 Å². The summed E-state index contributed by atoms with van der Waals surface area (Å²) in [5, 5.41) is 3.94. The van der Waals surface area contributed by atoms with Crippen LogP contribution >= 0.6 is 23.5 Å². The minimum Gasteiger partial charge on any atom is -0.338 e. The Morgan fingerprint density at radius 2 is 2.21 bits per heavy atom. The zero-order valence-electron chi connectivity index (χ0n) is 10.1. The molecule has 0 saturated carbocycles. The maximum Gasteiger partial charge on any atom is 0.238 e. The van der Waals surface area contributed by atoms with Crippen LogP contribution in [0, 0.1) is 0 Å². The van der Waals surface area contributed by atoms with Crippen molar-refractivity contribution in [2.75, 3.05) is 11.5 Å². The Bertz CT molecular complexity index is 571. The van der Waals surface area contributed by atoms with Gasteiger partial charge in [0.1, 0.15) is 5.92 Å². The van der Waals surface area contributed by atoms with Crippen molar-refractivity contribution in [1.82, 2.24) is 10.1 Å². The standard InChI is InChI=1S/C13H12N2O2S2/c16-11-7-18-6-10(11)13-14-12(15-17-13)8-19-9-4-2-1-3-5-9/h1-5,10H,6-8H2. The van der Waals surface area contributed by atoms with Gasteiger partial charge in [-0.1, -0.05) is 23.4 Å². The first-order chi connectivity index (χ1) is 9.33. The maximum absolute atomic E-state index is 11.6. The molecule has 0 spiro atoms. The summed E-state index contributed by atoms with van der Waals surface area (Å²) < 4.78 is 5.20. The van der Waals surface area contributed by atoms with Gasteiger partial charge in [0.25, 0.3) is 0 Å². The Morgan fingerprint density at radius 1 is 1.37 bits per heavy atom. The summed E-state index contributed by atoms with van der Waals surface area (Å²) in [6.07, 6.45) is 0. The Hall–Kier alpha value is -1.27. The molecule has 6 heteroatoms. The van der Waals surface area contributed by atoms with Crippen molar-refractivity contribution in [1.29, 1.82) is 0 Å². The quantitative estimate of drug-likeness (QED) is 0.808. The van der Waals surface area contributed by atoms with E-state index in [1.807, 2.05) is 30.3 Å². The summed E-state index contributed by atoms with van der Waals surface area (Å²) >= 11 is 3.28. The lowest BCUT2D eigenvalue weighted by molar-refractivity contribution is -0.117. The van der Waals surface area contributed by atoms with Crippen molar-refractivity contribution in [2.45, 2.75) is 16.6 Å². The molecule has 0 N–H and O–H groups in total. The van der Waals surface area contributed by atoms with E-state index in [0.717, 1.165) is 5.75 Å². The molecule has 1 saturated heterocycles. The molecule has 0 bridgehead atoms. The highest BCUT2D eigenvalue weighted by Crippen LogP contribution is 2.29. The lowest BCUT2D eigenvalue weighted by atomic mass is 10.1. The molecule has 19 heavy (non-hydrogen) atoms. The minimum absolute atomic E-state index is 0.191. The fraction of sp³-hybridized carbons (Fsp3) is 0.308. The zero-order valence-corrected chi connectivity index (χ0v) is 11.7. The van der Waals surface area contributed by atoms with Crippen molar-refractivity contribution in [3.63, 3.8) is 0 Å². The van der Waals surface area contributed by atoms with Crippen LogP contribution in [0.4, 0.5) is 0 Å². The molecule has 1 unspecified atom stereocenters. The minimum atomic E-state index is -0.201. The third-order valence-electron chi connectivity index (χ3n) is 2.81. The topological polar surface area (TPSA) is 56.0 Å². The van der Waals surface area contributed by atoms with Crippen LogP contribution in [0.25, 0.3) is 0 Å². The third kappa shape index (κ3) is 3.01. The lowest BCUT2D eigenvalue weighted by Gasteiger charge is -1.98. The molecule has 1 aromatic heterocycles. The lowest BCUT2D eigenvalue weighted by Crippen LogP contribution is -2.09. The number of benzene rings is 1. The Labute approximate surface area is 119 Å². The van der Waals surface area contributed by atoms with E-state index in [-0.39, 0.29) is 11.7 Å². The van der Waals surface area contributed by atoms with Gasteiger partial charge >= 0.3 is 0 Å². The van der Waals surface area contributed by atoms with Crippen LogP contribution < -0.4 is 0 Å². The Kier molecular flexibility index (Phi) is 3.89. The van der Waals surface area contributed by atoms with E-state index in [1.165, 1.54) is 4.90 Å². The molecule has 1 atom stereocenters. The van der Waals surface area contributed by atoms with Crippen LogP contribution in [-0.4, -0.2) is 27.4 Å². The summed E-state index contributed by atoms with van der Waals surface area (Å²) in [6.45, 7) is 0. The van der Waals surface area contributed by atoms with Crippen LogP contribution in [0.5, 0.6) is 0 Å². The summed E-state index contributed by atoms with van der Waals surface area (Å²) in [6, 6.07) is 10.1. The number of ketones is 1. The van der Waals surface area contributed by atoms with E-state index in [0.29, 0.717) is 23.2 Å². The fourth-order valence-electron chi connectivity index (χ4n) is 1.81. The van der Waals surface area contributed by atoms with E-state index in [9.17, 15) is 4.79 Å². The first-order valence-corrected chi connectivity index (χ1v) is 8.08. The number of hydrogen-bond donors (Lipinski definition) is 0. The molecule has 0 aliphatic carbocycles. The summed E-state index contributed by atoms with van der Waals surface area (Å²) in [5.41, 5.74) is 0. The van der Waals surface area contributed by atoms with Crippen molar-refractivity contribution in [3.8, 4) is 0 Å². The largest absolute Gasteiger partial charge is 0.338 e. The predicted molar refractivity (Wildman–Crippen MR) is 75.4 cm³/mol. The van der Waals surface area contributed by atoms with Gasteiger partial charge in [-0.25, -0.2) is 0 Å². The molecule has 0 radical (unpaired) electrons. The summed E-state index contributed by atoms with van der Waals surface area (Å²) in [7, 11) is 0. The van der Waals surface area contributed by atoms with E-state index in [2.05, 4.69) is 10.1 Å². The second-order valence-electron chi connectivity index (χ2n) is 4.18. The van der Waals surface area contributed by atoms with Crippen molar-refractivity contribution >= 4 is 29.3 Å². The third-order valence-corrected chi connectivity index (χ3v) is 4.88. The van der Waals surface area contributed by atoms with E-state index in [1.54, 1.807) is 23.5 Å². The van der Waals surface area contributed by atoms with Gasteiger partial charge < -0.3 is 4.52 Å². The molecular formula is C13H12N2O2S2. The van der Waals surface area contributed by atoms with Gasteiger partial charge in [-0.3, -0.25) is 4.79 Å². The summed E-state index contributed by atoms with van der Waals surface area (Å²) in [5.74, 6) is 3.07. The monoisotopic (exact) mass is 292 g/mol. The average molecular weight is 292 g/mol. The molecule has 0 amide bonds. The maximum atomic E-state index is 11.6. The van der Waals surface area contributed by atoms with E-state index >= 15 is 0 Å². The first-order valence-electron chi connectivity index (χ1n) is 5.94. The highest BCUT2D eigenvalue weighted by atomic mass is 32.2. The zero-order chi connectivity index (χ0) is 13.1. The van der Waals surface area contributed by atoms with E-state index in [4.69, 9.17) is 4.52 Å². The molecule has 98 valence electrons. The number of thioether (sulfide) groups is 2. The van der Waals surface area contributed by atoms with Crippen molar-refractivity contribution in [2.24, 2.45) is 0 Å². The second-order valence-corrected chi connectivity index (χ2v) is 6.26. The van der Waals surface area contributed by atoms with E-state index < -0.39 is 0 Å². The molecule has 2 heterocycles. The molecule has 1 aliphatic rings. The predicted octanol–water partition coefficient (Wildman–Crippen LogP) is 2.76. The first kappa shape index (κ1) is 12.7. The highest BCUT2D eigenvalue weighted by Gasteiger charge is 2.31. The van der Waals surface area contributed by atoms with Gasteiger partial charge in [-0.2, -0.15) is 16.7 Å². The fourth-order valence-corrected chi connectivity index (χ4v) is 3.66. The van der Waals surface area contributed by atoms with Gasteiger partial charge in [0.15, 0.2) is 11.6 Å². The Balaban J connectivity index is 1.64. The smallest absolute Gasteiger partial charge is 0.238 e. The Morgan fingerprint density at radius 3 is 2.95 bits per heavy atom.